The lowest BCUT2D eigenvalue weighted by molar-refractivity contribution is 0.489. The van der Waals surface area contributed by atoms with Gasteiger partial charge in [-0.2, -0.15) is 0 Å². The molecule has 0 saturated heterocycles. The first-order chi connectivity index (χ1) is 9.74. The molecule has 2 heterocycles. The van der Waals surface area contributed by atoms with Gasteiger partial charge in [-0.1, -0.05) is 13.0 Å². The van der Waals surface area contributed by atoms with Crippen molar-refractivity contribution in [2.75, 3.05) is 11.9 Å². The molecule has 0 radical (unpaired) electrons. The third-order valence-electron chi connectivity index (χ3n) is 2.72. The number of sulfonamides is 1. The van der Waals surface area contributed by atoms with E-state index in [-0.39, 0.29) is 5.03 Å². The van der Waals surface area contributed by atoms with Crippen LogP contribution in [0.1, 0.15) is 34.1 Å². The Morgan fingerprint density at radius 2 is 2.00 bits per heavy atom. The molecule has 0 unspecified atom stereocenters. The molecule has 6 nitrogen and oxygen atoms in total. The van der Waals surface area contributed by atoms with Crippen LogP contribution in [0.3, 0.4) is 0 Å². The molecule has 0 atom stereocenters. The number of hydrogen-bond donors (Lipinski definition) is 2. The van der Waals surface area contributed by atoms with Crippen LogP contribution in [0.15, 0.2) is 29.4 Å². The van der Waals surface area contributed by atoms with E-state index >= 15 is 0 Å². The van der Waals surface area contributed by atoms with Gasteiger partial charge in [0.2, 0.25) is 0 Å². The molecule has 116 valence electrons. The summed E-state index contributed by atoms with van der Waals surface area (Å²) in [7, 11) is -3.67. The topological polar surface area (TPSA) is 75.5 Å². The van der Waals surface area contributed by atoms with Gasteiger partial charge in [0.25, 0.3) is 10.0 Å². The highest BCUT2D eigenvalue weighted by molar-refractivity contribution is 7.89. The summed E-state index contributed by atoms with van der Waals surface area (Å²) in [5.41, 5.74) is 0.0464. The van der Waals surface area contributed by atoms with Gasteiger partial charge >= 0.3 is 0 Å². The van der Waals surface area contributed by atoms with Crippen molar-refractivity contribution in [3.8, 4) is 0 Å². The van der Waals surface area contributed by atoms with E-state index in [2.05, 4.69) is 15.0 Å². The quantitative estimate of drug-likeness (QED) is 0.888. The minimum absolute atomic E-state index is 0.154. The Labute approximate surface area is 125 Å². The normalized spacial score (nSPS) is 12.8. The molecule has 2 aromatic heterocycles. The molecule has 0 spiro atoms. The maximum Gasteiger partial charge on any atom is 0.260 e. The number of aromatic nitrogens is 2. The summed E-state index contributed by atoms with van der Waals surface area (Å²) >= 11 is 0. The van der Waals surface area contributed by atoms with Crippen LogP contribution in [0, 0.1) is 0 Å². The van der Waals surface area contributed by atoms with Crippen LogP contribution in [-0.2, 0) is 10.0 Å². The van der Waals surface area contributed by atoms with E-state index in [9.17, 15) is 8.42 Å². The zero-order valence-corrected chi connectivity index (χ0v) is 13.7. The monoisotopic (exact) mass is 310 g/mol. The Kier molecular flexibility index (Phi) is 4.25. The molecule has 21 heavy (non-hydrogen) atoms. The first kappa shape index (κ1) is 15.8. The zero-order chi connectivity index (χ0) is 15.7. The van der Waals surface area contributed by atoms with Crippen LogP contribution in [0.25, 0.3) is 5.65 Å². The lowest BCUT2D eigenvalue weighted by atomic mass is 10.1. The van der Waals surface area contributed by atoms with Crippen LogP contribution in [0.4, 0.5) is 5.82 Å². The summed E-state index contributed by atoms with van der Waals surface area (Å²) in [6, 6.07) is 5.40. The second-order valence-corrected chi connectivity index (χ2v) is 7.57. The van der Waals surface area contributed by atoms with Crippen molar-refractivity contribution in [1.82, 2.24) is 14.1 Å². The summed E-state index contributed by atoms with van der Waals surface area (Å²) in [4.78, 5) is 4.38. The van der Waals surface area contributed by atoms with Crippen LogP contribution >= 0.6 is 0 Å². The predicted octanol–water partition coefficient (Wildman–Crippen LogP) is 2.23. The lowest BCUT2D eigenvalue weighted by Crippen LogP contribution is -2.41. The van der Waals surface area contributed by atoms with Crippen molar-refractivity contribution in [1.29, 1.82) is 0 Å². The number of imidazole rings is 1. The molecule has 0 aliphatic heterocycles. The molecule has 7 heteroatoms. The highest BCUT2D eigenvalue weighted by atomic mass is 32.2. The number of anilines is 1. The van der Waals surface area contributed by atoms with Crippen LogP contribution in [0.2, 0.25) is 0 Å². The van der Waals surface area contributed by atoms with Crippen molar-refractivity contribution in [2.24, 2.45) is 0 Å². The SMILES string of the molecule is CCCNc1nc2ccccn2c1S(=O)(=O)NC(C)(C)C. The van der Waals surface area contributed by atoms with E-state index in [0.717, 1.165) is 6.42 Å². The first-order valence-corrected chi connectivity index (χ1v) is 8.48. The highest BCUT2D eigenvalue weighted by Crippen LogP contribution is 2.24. The summed E-state index contributed by atoms with van der Waals surface area (Å²) < 4.78 is 29.7. The molecule has 0 fully saturated rings. The molecule has 0 aromatic carbocycles. The molecule has 0 aliphatic carbocycles. The van der Waals surface area contributed by atoms with Gasteiger partial charge in [0.05, 0.1) is 0 Å². The Bertz CT molecular complexity index is 729. The molecule has 2 N–H and O–H groups in total. The average molecular weight is 310 g/mol. The van der Waals surface area contributed by atoms with E-state index < -0.39 is 15.6 Å². The molecule has 0 saturated carbocycles. The summed E-state index contributed by atoms with van der Waals surface area (Å²) in [5, 5.41) is 3.25. The van der Waals surface area contributed by atoms with Crippen LogP contribution in [0.5, 0.6) is 0 Å². The number of nitrogens with zero attached hydrogens (tertiary/aromatic N) is 2. The maximum absolute atomic E-state index is 12.7. The average Bonchev–Trinajstić information content (AvgIpc) is 2.72. The Balaban J connectivity index is 2.59. The van der Waals surface area contributed by atoms with E-state index in [1.165, 1.54) is 0 Å². The first-order valence-electron chi connectivity index (χ1n) is 6.99. The summed E-state index contributed by atoms with van der Waals surface area (Å²) in [6.45, 7) is 8.12. The number of rotatable bonds is 5. The minimum Gasteiger partial charge on any atom is -0.368 e. The van der Waals surface area contributed by atoms with Gasteiger partial charge in [0.15, 0.2) is 10.8 Å². The van der Waals surface area contributed by atoms with Crippen molar-refractivity contribution in [3.63, 3.8) is 0 Å². The third kappa shape index (κ3) is 3.54. The summed E-state index contributed by atoms with van der Waals surface area (Å²) in [6.07, 6.45) is 2.59. The number of pyridine rings is 1. The van der Waals surface area contributed by atoms with E-state index in [4.69, 9.17) is 0 Å². The van der Waals surface area contributed by atoms with Gasteiger partial charge in [-0.25, -0.2) is 18.1 Å². The van der Waals surface area contributed by atoms with Crippen molar-refractivity contribution in [2.45, 2.75) is 44.7 Å². The van der Waals surface area contributed by atoms with Crippen molar-refractivity contribution >= 4 is 21.5 Å². The van der Waals surface area contributed by atoms with Gasteiger partial charge in [0.1, 0.15) is 5.65 Å². The Morgan fingerprint density at radius 1 is 1.29 bits per heavy atom. The van der Waals surface area contributed by atoms with Crippen molar-refractivity contribution < 1.29 is 8.42 Å². The van der Waals surface area contributed by atoms with Crippen molar-refractivity contribution in [3.05, 3.63) is 24.4 Å². The van der Waals surface area contributed by atoms with Crippen LogP contribution in [-0.4, -0.2) is 29.9 Å². The van der Waals surface area contributed by atoms with Gasteiger partial charge in [-0.3, -0.25) is 4.40 Å². The third-order valence-corrected chi connectivity index (χ3v) is 4.50. The molecular weight excluding hydrogens is 288 g/mol. The fourth-order valence-corrected chi connectivity index (χ4v) is 3.73. The molecule has 2 rings (SSSR count). The fourth-order valence-electron chi connectivity index (χ4n) is 2.04. The predicted molar refractivity (Wildman–Crippen MR) is 84.0 cm³/mol. The van der Waals surface area contributed by atoms with Gasteiger partial charge in [-0.05, 0) is 39.3 Å². The Hall–Kier alpha value is -1.60. The lowest BCUT2D eigenvalue weighted by Gasteiger charge is -2.20. The zero-order valence-electron chi connectivity index (χ0n) is 12.8. The van der Waals surface area contributed by atoms with Gasteiger partial charge in [-0.15, -0.1) is 0 Å². The smallest absolute Gasteiger partial charge is 0.260 e. The van der Waals surface area contributed by atoms with E-state index in [1.807, 2.05) is 33.8 Å². The standard InChI is InChI=1S/C14H22N4O2S/c1-5-9-15-12-13(21(19,20)17-14(2,3)4)18-10-7-6-8-11(18)16-12/h6-8,10,15,17H,5,9H2,1-4H3. The second-order valence-electron chi connectivity index (χ2n) is 5.98. The highest BCUT2D eigenvalue weighted by Gasteiger charge is 2.29. The van der Waals surface area contributed by atoms with Gasteiger partial charge in [0, 0.05) is 18.3 Å². The fraction of sp³-hybridized carbons (Fsp3) is 0.500. The number of nitrogens with one attached hydrogen (secondary N) is 2. The van der Waals surface area contributed by atoms with Crippen LogP contribution < -0.4 is 10.0 Å². The molecule has 2 aromatic rings. The minimum atomic E-state index is -3.67. The van der Waals surface area contributed by atoms with E-state index in [1.54, 1.807) is 22.7 Å². The maximum atomic E-state index is 12.7. The number of fused-ring (bicyclic) bond motifs is 1. The second kappa shape index (κ2) is 5.65. The molecular formula is C14H22N4O2S. The number of hydrogen-bond acceptors (Lipinski definition) is 4. The van der Waals surface area contributed by atoms with Gasteiger partial charge < -0.3 is 5.32 Å². The molecule has 0 aliphatic rings. The molecule has 0 bridgehead atoms. The Morgan fingerprint density at radius 3 is 2.62 bits per heavy atom. The van der Waals surface area contributed by atoms with E-state index in [0.29, 0.717) is 18.0 Å². The molecule has 0 amide bonds. The summed E-state index contributed by atoms with van der Waals surface area (Å²) in [5.74, 6) is 0.389. The largest absolute Gasteiger partial charge is 0.368 e.